The zero-order chi connectivity index (χ0) is 14.7. The van der Waals surface area contributed by atoms with Gasteiger partial charge in [-0.05, 0) is 43.2 Å². The Morgan fingerprint density at radius 3 is 2.76 bits per heavy atom. The third-order valence-corrected chi connectivity index (χ3v) is 4.88. The highest BCUT2D eigenvalue weighted by Crippen LogP contribution is 2.15. The Bertz CT molecular complexity index is 675. The van der Waals surface area contributed by atoms with E-state index in [0.717, 1.165) is 18.5 Å². The van der Waals surface area contributed by atoms with Crippen molar-refractivity contribution in [1.29, 1.82) is 0 Å². The van der Waals surface area contributed by atoms with E-state index in [-0.39, 0.29) is 11.0 Å². The van der Waals surface area contributed by atoms with Gasteiger partial charge in [0.2, 0.25) is 10.0 Å². The fourth-order valence-electron chi connectivity index (χ4n) is 2.29. The molecule has 1 aliphatic rings. The number of nitrogens with one attached hydrogen (secondary N) is 1. The van der Waals surface area contributed by atoms with Gasteiger partial charge in [-0.15, -0.1) is 0 Å². The lowest BCUT2D eigenvalue weighted by Crippen LogP contribution is -2.31. The molecule has 112 valence electrons. The number of rotatable bonds is 5. The van der Waals surface area contributed by atoms with Crippen molar-refractivity contribution in [3.05, 3.63) is 42.7 Å². The van der Waals surface area contributed by atoms with E-state index in [1.54, 1.807) is 41.3 Å². The van der Waals surface area contributed by atoms with Gasteiger partial charge in [0.1, 0.15) is 0 Å². The van der Waals surface area contributed by atoms with E-state index in [1.165, 1.54) is 0 Å². The van der Waals surface area contributed by atoms with Crippen LogP contribution in [0.5, 0.6) is 0 Å². The smallest absolute Gasteiger partial charge is 0.240 e. The molecule has 7 heteroatoms. The number of ether oxygens (including phenoxy) is 1. The van der Waals surface area contributed by atoms with Crippen LogP contribution in [0.1, 0.15) is 12.8 Å². The van der Waals surface area contributed by atoms with Crippen molar-refractivity contribution in [3.8, 4) is 5.69 Å². The van der Waals surface area contributed by atoms with Gasteiger partial charge in [0.15, 0.2) is 0 Å². The topological polar surface area (TPSA) is 73.2 Å². The van der Waals surface area contributed by atoms with E-state index in [1.807, 2.05) is 6.07 Å². The van der Waals surface area contributed by atoms with Crippen LogP contribution in [0.4, 0.5) is 0 Å². The third-order valence-electron chi connectivity index (χ3n) is 3.44. The molecule has 1 aliphatic heterocycles. The summed E-state index contributed by atoms with van der Waals surface area (Å²) in [6, 6.07) is 8.43. The summed E-state index contributed by atoms with van der Waals surface area (Å²) < 4.78 is 34.1. The molecular weight excluding hydrogens is 290 g/mol. The van der Waals surface area contributed by atoms with E-state index in [9.17, 15) is 8.42 Å². The maximum absolute atomic E-state index is 12.2. The number of hydrogen-bond acceptors (Lipinski definition) is 4. The zero-order valence-electron chi connectivity index (χ0n) is 11.5. The van der Waals surface area contributed by atoms with Crippen LogP contribution in [0.25, 0.3) is 5.69 Å². The van der Waals surface area contributed by atoms with Crippen molar-refractivity contribution >= 4 is 10.0 Å². The van der Waals surface area contributed by atoms with Crippen molar-refractivity contribution < 1.29 is 13.2 Å². The van der Waals surface area contributed by atoms with E-state index >= 15 is 0 Å². The van der Waals surface area contributed by atoms with Crippen LogP contribution in [-0.4, -0.2) is 37.5 Å². The molecule has 3 rings (SSSR count). The quantitative estimate of drug-likeness (QED) is 0.904. The summed E-state index contributed by atoms with van der Waals surface area (Å²) >= 11 is 0. The lowest BCUT2D eigenvalue weighted by Gasteiger charge is -2.11. The Balaban J connectivity index is 1.70. The molecule has 1 aromatic heterocycles. The van der Waals surface area contributed by atoms with Gasteiger partial charge in [-0.25, -0.2) is 17.8 Å². The number of sulfonamides is 1. The molecule has 0 aliphatic carbocycles. The highest BCUT2D eigenvalue weighted by molar-refractivity contribution is 7.89. The Morgan fingerprint density at radius 1 is 1.33 bits per heavy atom. The molecule has 6 nitrogen and oxygen atoms in total. The molecule has 0 amide bonds. The lowest BCUT2D eigenvalue weighted by molar-refractivity contribution is 0.114. The number of nitrogens with zero attached hydrogens (tertiary/aromatic N) is 2. The average molecular weight is 307 g/mol. The predicted octanol–water partition coefficient (Wildman–Crippen LogP) is 1.33. The van der Waals surface area contributed by atoms with E-state index in [0.29, 0.717) is 13.2 Å². The molecule has 0 bridgehead atoms. The Labute approximate surface area is 123 Å². The monoisotopic (exact) mass is 307 g/mol. The van der Waals surface area contributed by atoms with Crippen LogP contribution in [-0.2, 0) is 14.8 Å². The summed E-state index contributed by atoms with van der Waals surface area (Å²) in [6.07, 6.45) is 5.36. The first-order valence-electron chi connectivity index (χ1n) is 6.86. The van der Waals surface area contributed by atoms with Crippen molar-refractivity contribution in [2.24, 2.45) is 0 Å². The summed E-state index contributed by atoms with van der Waals surface area (Å²) in [5.41, 5.74) is 0.818. The SMILES string of the molecule is O=S(=O)(NCC1CCCO1)c1ccc(-n2cccn2)cc1. The number of hydrogen-bond donors (Lipinski definition) is 1. The molecule has 0 spiro atoms. The van der Waals surface area contributed by atoms with Crippen LogP contribution < -0.4 is 4.72 Å². The minimum absolute atomic E-state index is 0.0110. The summed E-state index contributed by atoms with van der Waals surface area (Å²) in [4.78, 5) is 0.247. The second-order valence-electron chi connectivity index (χ2n) is 4.93. The number of aromatic nitrogens is 2. The predicted molar refractivity (Wildman–Crippen MR) is 77.7 cm³/mol. The molecule has 2 aromatic rings. The highest BCUT2D eigenvalue weighted by atomic mass is 32.2. The molecule has 2 heterocycles. The minimum Gasteiger partial charge on any atom is -0.377 e. The molecule has 1 unspecified atom stereocenters. The first-order chi connectivity index (χ1) is 10.1. The Hall–Kier alpha value is -1.70. The molecule has 1 N–H and O–H groups in total. The molecule has 21 heavy (non-hydrogen) atoms. The fourth-order valence-corrected chi connectivity index (χ4v) is 3.36. The second kappa shape index (κ2) is 5.97. The van der Waals surface area contributed by atoms with Gasteiger partial charge in [-0.1, -0.05) is 0 Å². The zero-order valence-corrected chi connectivity index (χ0v) is 12.3. The molecule has 1 saturated heterocycles. The first-order valence-corrected chi connectivity index (χ1v) is 8.35. The minimum atomic E-state index is -3.49. The molecule has 1 fully saturated rings. The van der Waals surface area contributed by atoms with Gasteiger partial charge in [0, 0.05) is 25.5 Å². The molecule has 1 atom stereocenters. The maximum atomic E-state index is 12.2. The van der Waals surface area contributed by atoms with E-state index in [2.05, 4.69) is 9.82 Å². The normalized spacial score (nSPS) is 19.0. The largest absolute Gasteiger partial charge is 0.377 e. The van der Waals surface area contributed by atoms with Gasteiger partial charge in [0.05, 0.1) is 16.7 Å². The third kappa shape index (κ3) is 3.31. The van der Waals surface area contributed by atoms with Crippen LogP contribution in [0.15, 0.2) is 47.6 Å². The molecule has 0 radical (unpaired) electrons. The average Bonchev–Trinajstić information content (AvgIpc) is 3.19. The van der Waals surface area contributed by atoms with Crippen LogP contribution in [0.3, 0.4) is 0 Å². The molecule has 0 saturated carbocycles. The molecular formula is C14H17N3O3S. The van der Waals surface area contributed by atoms with Crippen molar-refractivity contribution in [2.75, 3.05) is 13.2 Å². The summed E-state index contributed by atoms with van der Waals surface area (Å²) in [5.74, 6) is 0. The van der Waals surface area contributed by atoms with Crippen molar-refractivity contribution in [2.45, 2.75) is 23.8 Å². The van der Waals surface area contributed by atoms with Gasteiger partial charge in [-0.3, -0.25) is 0 Å². The van der Waals surface area contributed by atoms with Crippen LogP contribution >= 0.6 is 0 Å². The van der Waals surface area contributed by atoms with Crippen LogP contribution in [0.2, 0.25) is 0 Å². The first kappa shape index (κ1) is 14.2. The summed E-state index contributed by atoms with van der Waals surface area (Å²) in [6.45, 7) is 1.04. The van der Waals surface area contributed by atoms with Gasteiger partial charge in [-0.2, -0.15) is 5.10 Å². The fraction of sp³-hybridized carbons (Fsp3) is 0.357. The van der Waals surface area contributed by atoms with E-state index < -0.39 is 10.0 Å². The van der Waals surface area contributed by atoms with Crippen molar-refractivity contribution in [3.63, 3.8) is 0 Å². The number of benzene rings is 1. The molecule has 1 aromatic carbocycles. The highest BCUT2D eigenvalue weighted by Gasteiger charge is 2.20. The Kier molecular flexibility index (Phi) is 4.05. The van der Waals surface area contributed by atoms with Gasteiger partial charge in [0.25, 0.3) is 0 Å². The Morgan fingerprint density at radius 2 is 2.14 bits per heavy atom. The summed E-state index contributed by atoms with van der Waals surface area (Å²) in [5, 5.41) is 4.10. The van der Waals surface area contributed by atoms with Crippen LogP contribution in [0, 0.1) is 0 Å². The van der Waals surface area contributed by atoms with Crippen molar-refractivity contribution in [1.82, 2.24) is 14.5 Å². The lowest BCUT2D eigenvalue weighted by atomic mass is 10.2. The summed E-state index contributed by atoms with van der Waals surface area (Å²) in [7, 11) is -3.49. The van der Waals surface area contributed by atoms with E-state index in [4.69, 9.17) is 4.74 Å². The second-order valence-corrected chi connectivity index (χ2v) is 6.70. The van der Waals surface area contributed by atoms with Gasteiger partial charge >= 0.3 is 0 Å². The van der Waals surface area contributed by atoms with Gasteiger partial charge < -0.3 is 4.74 Å². The standard InChI is InChI=1S/C14H17N3O3S/c18-21(19,16-11-13-3-1-10-20-13)14-6-4-12(5-7-14)17-9-2-8-15-17/h2,4-9,13,16H,1,3,10-11H2. The maximum Gasteiger partial charge on any atom is 0.240 e.